The van der Waals surface area contributed by atoms with Crippen molar-refractivity contribution in [2.75, 3.05) is 32.0 Å². The molecule has 5 heteroatoms. The Morgan fingerprint density at radius 2 is 2.16 bits per heavy atom. The van der Waals surface area contributed by atoms with E-state index in [0.717, 1.165) is 32.5 Å². The molecular weight excluding hydrogens is 309 g/mol. The highest BCUT2D eigenvalue weighted by Gasteiger charge is 2.17. The van der Waals surface area contributed by atoms with Crippen LogP contribution in [0.2, 0.25) is 0 Å². The fourth-order valence-electron chi connectivity index (χ4n) is 2.29. The van der Waals surface area contributed by atoms with Gasteiger partial charge in [0.05, 0.1) is 15.7 Å². The average molecular weight is 326 g/mol. The molecule has 0 amide bonds. The standard InChI is InChI=1S/C14H17BrFN3/c1-19-6-4-10(5-7-19)9-18-12-3-2-11(8-17)13(15)14(12)16/h2-3,10,18H,4-7,9H2,1H3. The fraction of sp³-hybridized carbons (Fsp3) is 0.500. The quantitative estimate of drug-likeness (QED) is 0.927. The van der Waals surface area contributed by atoms with Crippen LogP contribution < -0.4 is 5.32 Å². The van der Waals surface area contributed by atoms with Crippen LogP contribution in [0.25, 0.3) is 0 Å². The number of rotatable bonds is 3. The molecular formula is C14H17BrFN3. The van der Waals surface area contributed by atoms with Crippen molar-refractivity contribution >= 4 is 21.6 Å². The van der Waals surface area contributed by atoms with Gasteiger partial charge in [-0.25, -0.2) is 4.39 Å². The van der Waals surface area contributed by atoms with Gasteiger partial charge in [-0.2, -0.15) is 5.26 Å². The summed E-state index contributed by atoms with van der Waals surface area (Å²) in [6, 6.07) is 5.22. The minimum absolute atomic E-state index is 0.239. The van der Waals surface area contributed by atoms with Crippen LogP contribution in [-0.2, 0) is 0 Å². The number of hydrogen-bond acceptors (Lipinski definition) is 3. The first-order valence-corrected chi connectivity index (χ1v) is 7.21. The van der Waals surface area contributed by atoms with Gasteiger partial charge in [-0.15, -0.1) is 0 Å². The van der Waals surface area contributed by atoms with Crippen molar-refractivity contribution < 1.29 is 4.39 Å². The number of likely N-dealkylation sites (tertiary alicyclic amines) is 1. The maximum atomic E-state index is 14.0. The average Bonchev–Trinajstić information content (AvgIpc) is 2.42. The van der Waals surface area contributed by atoms with E-state index < -0.39 is 0 Å². The lowest BCUT2D eigenvalue weighted by atomic mass is 9.97. The maximum absolute atomic E-state index is 14.0. The van der Waals surface area contributed by atoms with E-state index in [1.54, 1.807) is 12.1 Å². The molecule has 0 saturated carbocycles. The van der Waals surface area contributed by atoms with Crippen molar-refractivity contribution in [3.8, 4) is 6.07 Å². The smallest absolute Gasteiger partial charge is 0.161 e. The first-order valence-electron chi connectivity index (χ1n) is 6.42. The van der Waals surface area contributed by atoms with E-state index in [9.17, 15) is 4.39 Å². The van der Waals surface area contributed by atoms with Crippen LogP contribution in [0.5, 0.6) is 0 Å². The maximum Gasteiger partial charge on any atom is 0.161 e. The molecule has 0 atom stereocenters. The predicted molar refractivity (Wildman–Crippen MR) is 77.5 cm³/mol. The Morgan fingerprint density at radius 3 is 2.79 bits per heavy atom. The van der Waals surface area contributed by atoms with E-state index in [4.69, 9.17) is 5.26 Å². The highest BCUT2D eigenvalue weighted by molar-refractivity contribution is 9.10. The van der Waals surface area contributed by atoms with Crippen molar-refractivity contribution in [2.45, 2.75) is 12.8 Å². The minimum Gasteiger partial charge on any atom is -0.382 e. The lowest BCUT2D eigenvalue weighted by Crippen LogP contribution is -2.33. The molecule has 1 N–H and O–H groups in total. The zero-order valence-corrected chi connectivity index (χ0v) is 12.5. The summed E-state index contributed by atoms with van der Waals surface area (Å²) in [5.41, 5.74) is 0.784. The summed E-state index contributed by atoms with van der Waals surface area (Å²) < 4.78 is 14.2. The number of piperidine rings is 1. The Bertz CT molecular complexity index is 490. The summed E-state index contributed by atoms with van der Waals surface area (Å²) in [7, 11) is 2.13. The number of nitrogens with zero attached hydrogens (tertiary/aromatic N) is 2. The minimum atomic E-state index is -0.382. The van der Waals surface area contributed by atoms with Crippen LogP contribution in [-0.4, -0.2) is 31.6 Å². The largest absolute Gasteiger partial charge is 0.382 e. The highest BCUT2D eigenvalue weighted by Crippen LogP contribution is 2.27. The SMILES string of the molecule is CN1CCC(CNc2ccc(C#N)c(Br)c2F)CC1. The number of benzene rings is 1. The molecule has 1 aromatic carbocycles. The molecule has 0 radical (unpaired) electrons. The van der Waals surface area contributed by atoms with E-state index in [1.165, 1.54) is 0 Å². The van der Waals surface area contributed by atoms with Crippen molar-refractivity contribution in [2.24, 2.45) is 5.92 Å². The summed E-state index contributed by atoms with van der Waals surface area (Å²) in [4.78, 5) is 2.31. The molecule has 1 saturated heterocycles. The third kappa shape index (κ3) is 3.46. The van der Waals surface area contributed by atoms with E-state index in [0.29, 0.717) is 17.2 Å². The third-order valence-electron chi connectivity index (χ3n) is 3.62. The molecule has 1 aliphatic rings. The van der Waals surface area contributed by atoms with Crippen LogP contribution >= 0.6 is 15.9 Å². The summed E-state index contributed by atoms with van der Waals surface area (Å²) in [5, 5.41) is 12.0. The van der Waals surface area contributed by atoms with Gasteiger partial charge in [0.15, 0.2) is 5.82 Å². The van der Waals surface area contributed by atoms with Crippen molar-refractivity contribution in [1.29, 1.82) is 5.26 Å². The molecule has 102 valence electrons. The predicted octanol–water partition coefficient (Wildman–Crippen LogP) is 3.21. The fourth-order valence-corrected chi connectivity index (χ4v) is 2.73. The van der Waals surface area contributed by atoms with Gasteiger partial charge < -0.3 is 10.2 Å². The second kappa shape index (κ2) is 6.36. The highest BCUT2D eigenvalue weighted by atomic mass is 79.9. The second-order valence-electron chi connectivity index (χ2n) is 5.03. The van der Waals surface area contributed by atoms with Gasteiger partial charge in [0.25, 0.3) is 0 Å². The Kier molecular flexibility index (Phi) is 4.78. The van der Waals surface area contributed by atoms with Crippen LogP contribution in [0.4, 0.5) is 10.1 Å². The molecule has 2 rings (SSSR count). The van der Waals surface area contributed by atoms with Gasteiger partial charge in [0.2, 0.25) is 0 Å². The van der Waals surface area contributed by atoms with E-state index in [2.05, 4.69) is 33.2 Å². The van der Waals surface area contributed by atoms with E-state index >= 15 is 0 Å². The van der Waals surface area contributed by atoms with Gasteiger partial charge >= 0.3 is 0 Å². The summed E-state index contributed by atoms with van der Waals surface area (Å²) in [5.74, 6) is 0.206. The van der Waals surface area contributed by atoms with Crippen molar-refractivity contribution in [3.05, 3.63) is 28.0 Å². The summed E-state index contributed by atoms with van der Waals surface area (Å²) in [6.45, 7) is 2.99. The number of halogens is 2. The van der Waals surface area contributed by atoms with Gasteiger partial charge in [-0.1, -0.05) is 0 Å². The zero-order chi connectivity index (χ0) is 13.8. The number of nitriles is 1. The normalized spacial score (nSPS) is 17.2. The Morgan fingerprint density at radius 1 is 1.47 bits per heavy atom. The first-order chi connectivity index (χ1) is 9.11. The van der Waals surface area contributed by atoms with Gasteiger partial charge in [-0.05, 0) is 67.0 Å². The molecule has 0 aromatic heterocycles. The van der Waals surface area contributed by atoms with Crippen LogP contribution in [0.1, 0.15) is 18.4 Å². The Hall–Kier alpha value is -1.12. The van der Waals surface area contributed by atoms with Gasteiger partial charge in [0.1, 0.15) is 6.07 Å². The Labute approximate surface area is 121 Å². The molecule has 19 heavy (non-hydrogen) atoms. The molecule has 0 unspecified atom stereocenters. The van der Waals surface area contributed by atoms with E-state index in [1.807, 2.05) is 6.07 Å². The molecule has 0 aliphatic carbocycles. The van der Waals surface area contributed by atoms with E-state index in [-0.39, 0.29) is 10.3 Å². The third-order valence-corrected chi connectivity index (χ3v) is 4.40. The van der Waals surface area contributed by atoms with Gasteiger partial charge in [-0.3, -0.25) is 0 Å². The number of nitrogens with one attached hydrogen (secondary N) is 1. The van der Waals surface area contributed by atoms with Crippen LogP contribution in [0.15, 0.2) is 16.6 Å². The Balaban J connectivity index is 1.97. The molecule has 1 heterocycles. The summed E-state index contributed by atoms with van der Waals surface area (Å²) >= 11 is 3.12. The van der Waals surface area contributed by atoms with Crippen LogP contribution in [0, 0.1) is 23.1 Å². The molecule has 0 spiro atoms. The lowest BCUT2D eigenvalue weighted by Gasteiger charge is -2.29. The summed E-state index contributed by atoms with van der Waals surface area (Å²) in [6.07, 6.45) is 2.28. The zero-order valence-electron chi connectivity index (χ0n) is 10.9. The van der Waals surface area contributed by atoms with Crippen LogP contribution in [0.3, 0.4) is 0 Å². The number of hydrogen-bond donors (Lipinski definition) is 1. The molecule has 1 fully saturated rings. The number of anilines is 1. The monoisotopic (exact) mass is 325 g/mol. The molecule has 1 aromatic rings. The molecule has 1 aliphatic heterocycles. The topological polar surface area (TPSA) is 39.1 Å². The molecule has 0 bridgehead atoms. The van der Waals surface area contributed by atoms with Crippen molar-refractivity contribution in [3.63, 3.8) is 0 Å². The first kappa shape index (κ1) is 14.3. The molecule has 3 nitrogen and oxygen atoms in total. The lowest BCUT2D eigenvalue weighted by molar-refractivity contribution is 0.226. The second-order valence-corrected chi connectivity index (χ2v) is 5.82. The van der Waals surface area contributed by atoms with Crippen molar-refractivity contribution in [1.82, 2.24) is 4.90 Å². The van der Waals surface area contributed by atoms with Gasteiger partial charge in [0, 0.05) is 6.54 Å².